The van der Waals surface area contributed by atoms with Crippen molar-refractivity contribution in [2.24, 2.45) is 7.05 Å². The first-order valence-corrected chi connectivity index (χ1v) is 4.13. The second kappa shape index (κ2) is 2.79. The third kappa shape index (κ3) is 1.08. The van der Waals surface area contributed by atoms with Crippen LogP contribution in [-0.2, 0) is 24.6 Å². The van der Waals surface area contributed by atoms with Gasteiger partial charge in [-0.3, -0.25) is 14.6 Å². The summed E-state index contributed by atoms with van der Waals surface area (Å²) < 4.78 is 7.08. The fraction of sp³-hybridized carbons (Fsp3) is 0.625. The maximum Gasteiger partial charge on any atom is 0.267 e. The van der Waals surface area contributed by atoms with Gasteiger partial charge in [0.1, 0.15) is 0 Å². The predicted molar refractivity (Wildman–Crippen MR) is 44.3 cm³/mol. The zero-order valence-corrected chi connectivity index (χ0v) is 7.09. The van der Waals surface area contributed by atoms with Crippen molar-refractivity contribution in [1.29, 1.82) is 0 Å². The highest BCUT2D eigenvalue weighted by atomic mass is 16.5. The van der Waals surface area contributed by atoms with Crippen LogP contribution in [0.15, 0.2) is 4.79 Å². The number of hydrogen-bond acceptors (Lipinski definition) is 2. The van der Waals surface area contributed by atoms with Crippen molar-refractivity contribution < 1.29 is 4.74 Å². The molecule has 2 rings (SSSR count). The summed E-state index contributed by atoms with van der Waals surface area (Å²) in [5, 5.41) is 2.75. The lowest BCUT2D eigenvalue weighted by Gasteiger charge is -1.99. The molecule has 4 nitrogen and oxygen atoms in total. The van der Waals surface area contributed by atoms with Gasteiger partial charge in [-0.2, -0.15) is 0 Å². The number of fused-ring (bicyclic) bond motifs is 1. The van der Waals surface area contributed by atoms with E-state index in [1.165, 1.54) is 0 Å². The van der Waals surface area contributed by atoms with Gasteiger partial charge in [0, 0.05) is 31.1 Å². The van der Waals surface area contributed by atoms with E-state index in [4.69, 9.17) is 4.74 Å². The number of aromatic amines is 1. The van der Waals surface area contributed by atoms with Gasteiger partial charge in [-0.05, 0) is 0 Å². The van der Waals surface area contributed by atoms with Gasteiger partial charge in [-0.1, -0.05) is 0 Å². The van der Waals surface area contributed by atoms with Crippen LogP contribution in [-0.4, -0.2) is 23.0 Å². The number of rotatable bonds is 0. The summed E-state index contributed by atoms with van der Waals surface area (Å²) in [7, 11) is 1.87. The quantitative estimate of drug-likeness (QED) is 0.584. The Hall–Kier alpha value is -1.03. The average Bonchev–Trinajstić information content (AvgIpc) is 2.29. The first-order chi connectivity index (χ1) is 5.79. The third-order valence-corrected chi connectivity index (χ3v) is 2.28. The molecule has 0 fully saturated rings. The van der Waals surface area contributed by atoms with Gasteiger partial charge in [0.2, 0.25) is 0 Å². The first-order valence-electron chi connectivity index (χ1n) is 4.13. The molecule has 1 aliphatic heterocycles. The summed E-state index contributed by atoms with van der Waals surface area (Å²) in [5.41, 5.74) is 2.03. The van der Waals surface area contributed by atoms with Crippen molar-refractivity contribution in [3.8, 4) is 0 Å². The summed E-state index contributed by atoms with van der Waals surface area (Å²) in [4.78, 5) is 11.3. The topological polar surface area (TPSA) is 47.0 Å². The SMILES string of the molecule is Cn1[nH]c(=O)c2c1CCOCC2. The summed E-state index contributed by atoms with van der Waals surface area (Å²) in [6.45, 7) is 1.39. The number of nitrogens with zero attached hydrogens (tertiary/aromatic N) is 1. The van der Waals surface area contributed by atoms with Crippen LogP contribution in [0, 0.1) is 0 Å². The molecule has 1 aromatic rings. The summed E-state index contributed by atoms with van der Waals surface area (Å²) in [6.07, 6.45) is 1.58. The zero-order chi connectivity index (χ0) is 8.55. The van der Waals surface area contributed by atoms with Gasteiger partial charge < -0.3 is 4.74 Å². The molecule has 0 radical (unpaired) electrons. The molecule has 1 aromatic heterocycles. The van der Waals surface area contributed by atoms with E-state index in [1.54, 1.807) is 4.68 Å². The lowest BCUT2D eigenvalue weighted by Crippen LogP contribution is -2.08. The molecule has 0 saturated carbocycles. The molecule has 0 saturated heterocycles. The molecule has 1 N–H and O–H groups in total. The fourth-order valence-corrected chi connectivity index (χ4v) is 1.64. The van der Waals surface area contributed by atoms with Crippen molar-refractivity contribution in [2.75, 3.05) is 13.2 Å². The lowest BCUT2D eigenvalue weighted by atomic mass is 10.1. The van der Waals surface area contributed by atoms with E-state index in [2.05, 4.69) is 5.10 Å². The Labute approximate surface area is 70.1 Å². The molecule has 66 valence electrons. The Balaban J connectivity index is 2.51. The van der Waals surface area contributed by atoms with Crippen molar-refractivity contribution in [2.45, 2.75) is 12.8 Å². The number of hydrogen-bond donors (Lipinski definition) is 1. The Bertz CT molecular complexity index is 337. The first kappa shape index (κ1) is 7.61. The molecule has 4 heteroatoms. The summed E-state index contributed by atoms with van der Waals surface area (Å²) in [6, 6.07) is 0. The van der Waals surface area contributed by atoms with E-state index < -0.39 is 0 Å². The fourth-order valence-electron chi connectivity index (χ4n) is 1.64. The monoisotopic (exact) mass is 168 g/mol. The van der Waals surface area contributed by atoms with E-state index in [-0.39, 0.29) is 5.56 Å². The van der Waals surface area contributed by atoms with Gasteiger partial charge in [0.05, 0.1) is 13.2 Å². The van der Waals surface area contributed by atoms with Gasteiger partial charge in [0.15, 0.2) is 0 Å². The van der Waals surface area contributed by atoms with Crippen LogP contribution in [0.2, 0.25) is 0 Å². The molecular weight excluding hydrogens is 156 g/mol. The third-order valence-electron chi connectivity index (χ3n) is 2.28. The van der Waals surface area contributed by atoms with Crippen molar-refractivity contribution >= 4 is 0 Å². The Morgan fingerprint density at radius 2 is 2.17 bits per heavy atom. The van der Waals surface area contributed by atoms with Crippen molar-refractivity contribution in [3.05, 3.63) is 21.6 Å². The number of aryl methyl sites for hydroxylation is 1. The van der Waals surface area contributed by atoms with E-state index in [0.717, 1.165) is 30.7 Å². The number of H-pyrrole nitrogens is 1. The smallest absolute Gasteiger partial charge is 0.267 e. The molecule has 0 unspecified atom stereocenters. The normalized spacial score (nSPS) is 17.1. The maximum absolute atomic E-state index is 11.3. The van der Waals surface area contributed by atoms with E-state index in [1.807, 2.05) is 7.05 Å². The Morgan fingerprint density at radius 1 is 1.42 bits per heavy atom. The number of ether oxygens (including phenoxy) is 1. The highest BCUT2D eigenvalue weighted by molar-refractivity contribution is 5.19. The largest absolute Gasteiger partial charge is 0.381 e. The van der Waals surface area contributed by atoms with Gasteiger partial charge in [-0.15, -0.1) is 0 Å². The predicted octanol–water partition coefficient (Wildman–Crippen LogP) is -0.171. The van der Waals surface area contributed by atoms with Gasteiger partial charge in [-0.25, -0.2) is 0 Å². The molecule has 0 bridgehead atoms. The molecule has 1 aliphatic rings. The highest BCUT2D eigenvalue weighted by Gasteiger charge is 2.14. The second-order valence-electron chi connectivity index (χ2n) is 3.04. The van der Waals surface area contributed by atoms with Crippen molar-refractivity contribution in [1.82, 2.24) is 9.78 Å². The van der Waals surface area contributed by atoms with Crippen molar-refractivity contribution in [3.63, 3.8) is 0 Å². The second-order valence-corrected chi connectivity index (χ2v) is 3.04. The van der Waals surface area contributed by atoms with Crippen LogP contribution in [0.4, 0.5) is 0 Å². The van der Waals surface area contributed by atoms with Gasteiger partial charge in [0.25, 0.3) is 5.56 Å². The minimum absolute atomic E-state index is 0.0398. The maximum atomic E-state index is 11.3. The van der Waals surface area contributed by atoms with E-state index in [9.17, 15) is 4.79 Å². The standard InChI is InChI=1S/C8H12N2O2/c1-10-7-3-5-12-4-2-6(7)8(11)9-10/h2-5H2,1H3,(H,9,11). The molecular formula is C8H12N2O2. The minimum Gasteiger partial charge on any atom is -0.381 e. The molecule has 0 amide bonds. The van der Waals surface area contributed by atoms with E-state index >= 15 is 0 Å². The molecule has 0 aliphatic carbocycles. The van der Waals surface area contributed by atoms with Crippen LogP contribution >= 0.6 is 0 Å². The van der Waals surface area contributed by atoms with Crippen LogP contribution in [0.25, 0.3) is 0 Å². The van der Waals surface area contributed by atoms with Crippen LogP contribution in [0.1, 0.15) is 11.3 Å². The van der Waals surface area contributed by atoms with Crippen LogP contribution < -0.4 is 5.56 Å². The van der Waals surface area contributed by atoms with Gasteiger partial charge >= 0.3 is 0 Å². The molecule has 12 heavy (non-hydrogen) atoms. The number of aromatic nitrogens is 2. The Morgan fingerprint density at radius 3 is 3.00 bits per heavy atom. The summed E-state index contributed by atoms with van der Waals surface area (Å²) >= 11 is 0. The molecule has 0 spiro atoms. The number of nitrogens with one attached hydrogen (secondary N) is 1. The minimum atomic E-state index is 0.0398. The molecule has 0 atom stereocenters. The van der Waals surface area contributed by atoms with E-state index in [0.29, 0.717) is 6.61 Å². The van der Waals surface area contributed by atoms with Crippen LogP contribution in [0.5, 0.6) is 0 Å². The molecule has 2 heterocycles. The highest BCUT2D eigenvalue weighted by Crippen LogP contribution is 2.08. The summed E-state index contributed by atoms with van der Waals surface area (Å²) in [5.74, 6) is 0. The lowest BCUT2D eigenvalue weighted by molar-refractivity contribution is 0.145. The van der Waals surface area contributed by atoms with Crippen LogP contribution in [0.3, 0.4) is 0 Å². The Kier molecular flexibility index (Phi) is 1.77. The zero-order valence-electron chi connectivity index (χ0n) is 7.09. The molecule has 0 aromatic carbocycles. The average molecular weight is 168 g/mol.